The van der Waals surface area contributed by atoms with E-state index in [2.05, 4.69) is 11.5 Å². The zero-order valence-corrected chi connectivity index (χ0v) is 12.9. The van der Waals surface area contributed by atoms with Gasteiger partial charge in [0, 0.05) is 6.54 Å². The number of benzene rings is 2. The molecule has 2 N–H and O–H groups in total. The van der Waals surface area contributed by atoms with Crippen LogP contribution in [-0.4, -0.2) is 9.55 Å². The van der Waals surface area contributed by atoms with Gasteiger partial charge in [0.1, 0.15) is 5.82 Å². The number of aromatic nitrogens is 2. The van der Waals surface area contributed by atoms with Gasteiger partial charge in [0.05, 0.1) is 21.6 Å². The number of fused-ring (bicyclic) bond motifs is 1. The van der Waals surface area contributed by atoms with Crippen LogP contribution in [0.2, 0.25) is 5.02 Å². The van der Waals surface area contributed by atoms with Crippen LogP contribution in [0.4, 0.5) is 0 Å². The maximum absolute atomic E-state index is 6.62. The van der Waals surface area contributed by atoms with Crippen molar-refractivity contribution < 1.29 is 0 Å². The maximum Gasteiger partial charge on any atom is 0.134 e. The standard InChI is InChI=1S/C17H18ClN3/c1-3-21-15-13(18)10-7-11-14(15)20-16(21)17(2,19)12-8-5-4-6-9-12/h4-11H,3,19H2,1-2H3. The molecule has 1 unspecified atom stereocenters. The van der Waals surface area contributed by atoms with Gasteiger partial charge in [0.25, 0.3) is 0 Å². The molecule has 1 aromatic heterocycles. The lowest BCUT2D eigenvalue weighted by Crippen LogP contribution is -2.37. The molecular weight excluding hydrogens is 282 g/mol. The van der Waals surface area contributed by atoms with Crippen LogP contribution >= 0.6 is 11.6 Å². The summed E-state index contributed by atoms with van der Waals surface area (Å²) < 4.78 is 2.10. The van der Waals surface area contributed by atoms with E-state index >= 15 is 0 Å². The van der Waals surface area contributed by atoms with Crippen molar-refractivity contribution in [2.45, 2.75) is 25.9 Å². The van der Waals surface area contributed by atoms with Crippen LogP contribution in [0.25, 0.3) is 11.0 Å². The van der Waals surface area contributed by atoms with Crippen LogP contribution in [0, 0.1) is 0 Å². The van der Waals surface area contributed by atoms with Crippen LogP contribution in [0.1, 0.15) is 25.2 Å². The van der Waals surface area contributed by atoms with Crippen LogP contribution in [0.15, 0.2) is 48.5 Å². The van der Waals surface area contributed by atoms with Gasteiger partial charge < -0.3 is 10.3 Å². The first kappa shape index (κ1) is 14.1. The van der Waals surface area contributed by atoms with Gasteiger partial charge in [0.15, 0.2) is 0 Å². The summed E-state index contributed by atoms with van der Waals surface area (Å²) in [7, 11) is 0. The summed E-state index contributed by atoms with van der Waals surface area (Å²) >= 11 is 6.35. The minimum Gasteiger partial charge on any atom is -0.325 e. The molecule has 3 aromatic rings. The summed E-state index contributed by atoms with van der Waals surface area (Å²) in [5.74, 6) is 0.833. The highest BCUT2D eigenvalue weighted by Crippen LogP contribution is 2.31. The molecule has 2 aromatic carbocycles. The van der Waals surface area contributed by atoms with Gasteiger partial charge in [-0.2, -0.15) is 0 Å². The lowest BCUT2D eigenvalue weighted by molar-refractivity contribution is 0.522. The summed E-state index contributed by atoms with van der Waals surface area (Å²) in [5, 5.41) is 0.706. The molecule has 1 heterocycles. The Hall–Kier alpha value is -1.84. The summed E-state index contributed by atoms with van der Waals surface area (Å²) in [6.07, 6.45) is 0. The smallest absolute Gasteiger partial charge is 0.134 e. The van der Waals surface area contributed by atoms with E-state index in [9.17, 15) is 0 Å². The number of nitrogens with zero attached hydrogens (tertiary/aromatic N) is 2. The van der Waals surface area contributed by atoms with Crippen LogP contribution in [-0.2, 0) is 12.1 Å². The fraction of sp³-hybridized carbons (Fsp3) is 0.235. The Morgan fingerprint density at radius 3 is 2.52 bits per heavy atom. The Morgan fingerprint density at radius 2 is 1.86 bits per heavy atom. The second kappa shape index (κ2) is 5.17. The fourth-order valence-corrected chi connectivity index (χ4v) is 3.03. The van der Waals surface area contributed by atoms with Gasteiger partial charge in [-0.05, 0) is 31.5 Å². The zero-order valence-electron chi connectivity index (χ0n) is 12.2. The van der Waals surface area contributed by atoms with E-state index < -0.39 is 5.54 Å². The molecule has 21 heavy (non-hydrogen) atoms. The van der Waals surface area contributed by atoms with Crippen molar-refractivity contribution in [3.8, 4) is 0 Å². The molecule has 0 amide bonds. The summed E-state index contributed by atoms with van der Waals surface area (Å²) in [6, 6.07) is 15.8. The van der Waals surface area contributed by atoms with Crippen molar-refractivity contribution in [2.24, 2.45) is 5.73 Å². The Morgan fingerprint density at radius 1 is 1.14 bits per heavy atom. The van der Waals surface area contributed by atoms with E-state index in [0.29, 0.717) is 5.02 Å². The molecule has 0 spiro atoms. The average Bonchev–Trinajstić information content (AvgIpc) is 2.89. The average molecular weight is 300 g/mol. The third-order valence-corrected chi connectivity index (χ3v) is 4.18. The molecule has 1 atom stereocenters. The quantitative estimate of drug-likeness (QED) is 0.796. The van der Waals surface area contributed by atoms with Gasteiger partial charge in [-0.3, -0.25) is 0 Å². The van der Waals surface area contributed by atoms with Crippen LogP contribution in [0.5, 0.6) is 0 Å². The third kappa shape index (κ3) is 2.23. The summed E-state index contributed by atoms with van der Waals surface area (Å²) in [5.41, 5.74) is 8.82. The second-order valence-electron chi connectivity index (χ2n) is 5.36. The van der Waals surface area contributed by atoms with Crippen molar-refractivity contribution >= 4 is 22.6 Å². The molecule has 4 heteroatoms. The van der Waals surface area contributed by atoms with Crippen LogP contribution < -0.4 is 5.73 Å². The Labute approximate surface area is 129 Å². The van der Waals surface area contributed by atoms with Crippen molar-refractivity contribution in [3.05, 3.63) is 64.9 Å². The van der Waals surface area contributed by atoms with Gasteiger partial charge in [-0.15, -0.1) is 0 Å². The number of rotatable bonds is 3. The normalized spacial score (nSPS) is 14.3. The molecule has 0 saturated heterocycles. The predicted molar refractivity (Wildman–Crippen MR) is 87.5 cm³/mol. The summed E-state index contributed by atoms with van der Waals surface area (Å²) in [6.45, 7) is 4.84. The van der Waals surface area contributed by atoms with Crippen molar-refractivity contribution in [1.29, 1.82) is 0 Å². The fourth-order valence-electron chi connectivity index (χ4n) is 2.76. The molecule has 3 rings (SSSR count). The van der Waals surface area contributed by atoms with E-state index in [0.717, 1.165) is 29.0 Å². The monoisotopic (exact) mass is 299 g/mol. The SMILES string of the molecule is CCn1c(C(C)(N)c2ccccc2)nc2cccc(Cl)c21. The molecule has 0 aliphatic heterocycles. The zero-order chi connectivity index (χ0) is 15.0. The molecule has 0 aliphatic carbocycles. The molecule has 108 valence electrons. The topological polar surface area (TPSA) is 43.8 Å². The van der Waals surface area contributed by atoms with Crippen molar-refractivity contribution in [2.75, 3.05) is 0 Å². The Balaban J connectivity index is 2.27. The highest BCUT2D eigenvalue weighted by molar-refractivity contribution is 6.35. The lowest BCUT2D eigenvalue weighted by atomic mass is 9.92. The number of imidazole rings is 1. The van der Waals surface area contributed by atoms with Crippen molar-refractivity contribution in [3.63, 3.8) is 0 Å². The molecule has 0 saturated carbocycles. The number of halogens is 1. The third-order valence-electron chi connectivity index (χ3n) is 3.87. The predicted octanol–water partition coefficient (Wildman–Crippen LogP) is 3.93. The Bertz CT molecular complexity index is 775. The largest absolute Gasteiger partial charge is 0.325 e. The van der Waals surface area contributed by atoms with Gasteiger partial charge in [0.2, 0.25) is 0 Å². The van der Waals surface area contributed by atoms with Gasteiger partial charge in [-0.1, -0.05) is 48.0 Å². The molecule has 0 bridgehead atoms. The van der Waals surface area contributed by atoms with E-state index in [1.807, 2.05) is 55.5 Å². The number of hydrogen-bond donors (Lipinski definition) is 1. The highest BCUT2D eigenvalue weighted by Gasteiger charge is 2.30. The molecule has 0 radical (unpaired) electrons. The van der Waals surface area contributed by atoms with Gasteiger partial charge >= 0.3 is 0 Å². The number of hydrogen-bond acceptors (Lipinski definition) is 2. The lowest BCUT2D eigenvalue weighted by Gasteiger charge is -2.25. The number of aryl methyl sites for hydroxylation is 1. The first-order chi connectivity index (χ1) is 10.1. The second-order valence-corrected chi connectivity index (χ2v) is 5.76. The van der Waals surface area contributed by atoms with E-state index in [1.54, 1.807) is 0 Å². The minimum atomic E-state index is -0.667. The first-order valence-electron chi connectivity index (χ1n) is 7.05. The van der Waals surface area contributed by atoms with Crippen LogP contribution in [0.3, 0.4) is 0 Å². The molecular formula is C17H18ClN3. The number of para-hydroxylation sites is 1. The number of nitrogens with two attached hydrogens (primary N) is 1. The summed E-state index contributed by atoms with van der Waals surface area (Å²) in [4.78, 5) is 4.75. The Kier molecular flexibility index (Phi) is 3.47. The molecule has 3 nitrogen and oxygen atoms in total. The minimum absolute atomic E-state index is 0.667. The van der Waals surface area contributed by atoms with Gasteiger partial charge in [-0.25, -0.2) is 4.98 Å². The highest BCUT2D eigenvalue weighted by atomic mass is 35.5. The first-order valence-corrected chi connectivity index (χ1v) is 7.43. The molecule has 0 fully saturated rings. The van der Waals surface area contributed by atoms with E-state index in [-0.39, 0.29) is 0 Å². The maximum atomic E-state index is 6.62. The van der Waals surface area contributed by atoms with Crippen molar-refractivity contribution in [1.82, 2.24) is 9.55 Å². The van der Waals surface area contributed by atoms with E-state index in [4.69, 9.17) is 22.3 Å². The van der Waals surface area contributed by atoms with E-state index in [1.165, 1.54) is 0 Å². The molecule has 0 aliphatic rings.